The molecule has 1 amide bonds. The number of aromatic nitrogens is 2. The molecule has 35 heavy (non-hydrogen) atoms. The van der Waals surface area contributed by atoms with E-state index in [1.54, 1.807) is 6.20 Å². The SMILES string of the molecule is O=C(c1ccc2c(c1)NNN2)N1CC(N2Cc3cnc(Nc4ccc(C(F)(F)F)cc4)nc3C2)C1. The lowest BCUT2D eigenvalue weighted by molar-refractivity contribution is -0.137. The molecule has 0 saturated carbocycles. The predicted octanol–water partition coefficient (Wildman–Crippen LogP) is 3.34. The van der Waals surface area contributed by atoms with E-state index in [9.17, 15) is 18.0 Å². The van der Waals surface area contributed by atoms with Gasteiger partial charge < -0.3 is 21.1 Å². The van der Waals surface area contributed by atoms with E-state index in [1.165, 1.54) is 12.1 Å². The van der Waals surface area contributed by atoms with Crippen molar-refractivity contribution < 1.29 is 18.0 Å². The molecule has 0 unspecified atom stereocenters. The maximum atomic E-state index is 12.8. The zero-order valence-corrected chi connectivity index (χ0v) is 18.4. The van der Waals surface area contributed by atoms with Gasteiger partial charge in [0.05, 0.1) is 22.6 Å². The average Bonchev–Trinajstić information content (AvgIpc) is 3.43. The largest absolute Gasteiger partial charge is 0.416 e. The molecule has 180 valence electrons. The number of hydrogen-bond donors (Lipinski definition) is 4. The number of nitrogens with zero attached hydrogens (tertiary/aromatic N) is 4. The van der Waals surface area contributed by atoms with Crippen molar-refractivity contribution in [2.45, 2.75) is 25.3 Å². The summed E-state index contributed by atoms with van der Waals surface area (Å²) < 4.78 is 38.3. The summed E-state index contributed by atoms with van der Waals surface area (Å²) in [4.78, 5) is 25.8. The van der Waals surface area contributed by atoms with Gasteiger partial charge in [0.1, 0.15) is 0 Å². The van der Waals surface area contributed by atoms with Gasteiger partial charge >= 0.3 is 6.18 Å². The number of hydrogen-bond acceptors (Lipinski definition) is 8. The van der Waals surface area contributed by atoms with Crippen LogP contribution in [-0.2, 0) is 19.3 Å². The molecule has 3 aromatic rings. The van der Waals surface area contributed by atoms with Crippen molar-refractivity contribution in [3.05, 3.63) is 71.0 Å². The molecule has 2 aromatic carbocycles. The molecule has 4 N–H and O–H groups in total. The normalized spacial score (nSPS) is 17.3. The van der Waals surface area contributed by atoms with Crippen molar-refractivity contribution in [2.75, 3.05) is 29.3 Å². The highest BCUT2D eigenvalue weighted by molar-refractivity contribution is 5.97. The highest BCUT2D eigenvalue weighted by Gasteiger charge is 2.38. The maximum Gasteiger partial charge on any atom is 0.416 e. The van der Waals surface area contributed by atoms with Crippen LogP contribution in [-0.4, -0.2) is 44.8 Å². The number of anilines is 4. The fourth-order valence-corrected chi connectivity index (χ4v) is 4.46. The minimum Gasteiger partial charge on any atom is -0.335 e. The molecule has 9 nitrogen and oxygen atoms in total. The van der Waals surface area contributed by atoms with Gasteiger partial charge in [0, 0.05) is 55.2 Å². The van der Waals surface area contributed by atoms with Crippen LogP contribution in [0.25, 0.3) is 0 Å². The van der Waals surface area contributed by atoms with E-state index in [1.807, 2.05) is 23.1 Å². The summed E-state index contributed by atoms with van der Waals surface area (Å²) in [5.41, 5.74) is 12.7. The van der Waals surface area contributed by atoms with Crippen molar-refractivity contribution >= 4 is 28.9 Å². The molecule has 0 atom stereocenters. The van der Waals surface area contributed by atoms with Gasteiger partial charge in [-0.3, -0.25) is 9.69 Å². The number of alkyl halides is 3. The van der Waals surface area contributed by atoms with Crippen LogP contribution in [0.2, 0.25) is 0 Å². The number of likely N-dealkylation sites (tertiary alicyclic amines) is 1. The number of amides is 1. The molecular formula is C23H21F3N8O. The van der Waals surface area contributed by atoms with Gasteiger partial charge in [-0.1, -0.05) is 0 Å². The molecule has 3 aliphatic heterocycles. The van der Waals surface area contributed by atoms with Crippen molar-refractivity contribution in [3.63, 3.8) is 0 Å². The summed E-state index contributed by atoms with van der Waals surface area (Å²) in [6, 6.07) is 10.5. The first-order valence-electron chi connectivity index (χ1n) is 11.1. The molecule has 1 aromatic heterocycles. The van der Waals surface area contributed by atoms with E-state index < -0.39 is 11.7 Å². The molecule has 0 aliphatic carbocycles. The lowest BCUT2D eigenvalue weighted by Crippen LogP contribution is -2.59. The van der Waals surface area contributed by atoms with E-state index in [-0.39, 0.29) is 11.9 Å². The average molecular weight is 482 g/mol. The van der Waals surface area contributed by atoms with Gasteiger partial charge in [-0.25, -0.2) is 9.97 Å². The Balaban J connectivity index is 1.06. The van der Waals surface area contributed by atoms with Crippen LogP contribution in [0.3, 0.4) is 0 Å². The highest BCUT2D eigenvalue weighted by Crippen LogP contribution is 2.32. The summed E-state index contributed by atoms with van der Waals surface area (Å²) in [7, 11) is 0. The van der Waals surface area contributed by atoms with Crippen molar-refractivity contribution in [2.24, 2.45) is 0 Å². The number of carbonyl (C=O) groups is 1. The smallest absolute Gasteiger partial charge is 0.335 e. The van der Waals surface area contributed by atoms with Crippen LogP contribution in [0.15, 0.2) is 48.7 Å². The molecule has 0 bridgehead atoms. The predicted molar refractivity (Wildman–Crippen MR) is 123 cm³/mol. The van der Waals surface area contributed by atoms with Gasteiger partial charge in [0.25, 0.3) is 5.91 Å². The monoisotopic (exact) mass is 482 g/mol. The zero-order valence-electron chi connectivity index (χ0n) is 18.4. The Hall–Kier alpha value is -3.90. The third-order valence-electron chi connectivity index (χ3n) is 6.48. The summed E-state index contributed by atoms with van der Waals surface area (Å²) >= 11 is 0. The van der Waals surface area contributed by atoms with Gasteiger partial charge in [-0.2, -0.15) is 13.2 Å². The van der Waals surface area contributed by atoms with Crippen LogP contribution in [0.5, 0.6) is 0 Å². The standard InChI is InChI=1S/C23H21F3N8O/c24-23(25,26)15-2-4-16(5-3-15)28-22-27-8-14-9-33(12-20(14)29-22)17-10-34(11-17)21(35)13-1-6-18-19(7-13)31-32-30-18/h1-8,17,30-32H,9-12H2,(H,27,28,29). The Morgan fingerprint density at radius 2 is 1.80 bits per heavy atom. The Morgan fingerprint density at radius 1 is 1.03 bits per heavy atom. The first-order valence-corrected chi connectivity index (χ1v) is 11.1. The van der Waals surface area contributed by atoms with Gasteiger partial charge in [-0.15, -0.1) is 5.53 Å². The number of carbonyl (C=O) groups excluding carboxylic acids is 1. The second kappa shape index (κ2) is 8.10. The van der Waals surface area contributed by atoms with Crippen LogP contribution in [0.4, 0.5) is 36.2 Å². The van der Waals surface area contributed by atoms with Crippen LogP contribution < -0.4 is 21.7 Å². The molecule has 6 rings (SSSR count). The summed E-state index contributed by atoms with van der Waals surface area (Å²) in [6.07, 6.45) is -2.63. The topological polar surface area (TPSA) is 97.5 Å². The maximum absolute atomic E-state index is 12.8. The first-order chi connectivity index (χ1) is 16.8. The Labute approximate surface area is 198 Å². The Bertz CT molecular complexity index is 1290. The van der Waals surface area contributed by atoms with E-state index in [4.69, 9.17) is 0 Å². The zero-order chi connectivity index (χ0) is 24.2. The fourth-order valence-electron chi connectivity index (χ4n) is 4.46. The summed E-state index contributed by atoms with van der Waals surface area (Å²) in [6.45, 7) is 2.60. The molecule has 3 aliphatic rings. The quantitative estimate of drug-likeness (QED) is 0.450. The number of fused-ring (bicyclic) bond motifs is 2. The van der Waals surface area contributed by atoms with Gasteiger partial charge in [0.2, 0.25) is 5.95 Å². The molecule has 4 heterocycles. The van der Waals surface area contributed by atoms with Crippen molar-refractivity contribution in [3.8, 4) is 0 Å². The van der Waals surface area contributed by atoms with E-state index in [0.29, 0.717) is 43.4 Å². The van der Waals surface area contributed by atoms with Crippen molar-refractivity contribution in [1.29, 1.82) is 0 Å². The fraction of sp³-hybridized carbons (Fsp3) is 0.261. The second-order valence-electron chi connectivity index (χ2n) is 8.77. The van der Waals surface area contributed by atoms with Gasteiger partial charge in [-0.05, 0) is 42.5 Å². The number of hydrazine groups is 2. The second-order valence-corrected chi connectivity index (χ2v) is 8.77. The molecular weight excluding hydrogens is 461 g/mol. The van der Waals surface area contributed by atoms with Gasteiger partial charge in [0.15, 0.2) is 0 Å². The van der Waals surface area contributed by atoms with E-state index >= 15 is 0 Å². The minimum atomic E-state index is -4.37. The van der Waals surface area contributed by atoms with Crippen LogP contribution in [0.1, 0.15) is 27.2 Å². The lowest BCUT2D eigenvalue weighted by atomic mass is 10.0. The minimum absolute atomic E-state index is 0.00252. The molecule has 0 spiro atoms. The number of rotatable bonds is 4. The van der Waals surface area contributed by atoms with Crippen LogP contribution in [0, 0.1) is 0 Å². The summed E-state index contributed by atoms with van der Waals surface area (Å²) in [5.74, 6) is 0.335. The number of benzene rings is 2. The van der Waals surface area contributed by atoms with E-state index in [0.717, 1.165) is 34.8 Å². The Kier molecular flexibility index (Phi) is 5.00. The third-order valence-corrected chi connectivity index (χ3v) is 6.48. The molecule has 1 fully saturated rings. The Morgan fingerprint density at radius 3 is 2.57 bits per heavy atom. The molecule has 12 heteroatoms. The molecule has 1 saturated heterocycles. The first kappa shape index (κ1) is 21.6. The lowest BCUT2D eigenvalue weighted by Gasteiger charge is -2.44. The highest BCUT2D eigenvalue weighted by atomic mass is 19.4. The number of nitrogens with one attached hydrogen (secondary N) is 4. The third kappa shape index (κ3) is 4.10. The van der Waals surface area contributed by atoms with Crippen molar-refractivity contribution in [1.82, 2.24) is 25.3 Å². The number of halogens is 3. The summed E-state index contributed by atoms with van der Waals surface area (Å²) in [5, 5.41) is 2.97. The molecule has 0 radical (unpaired) electrons. The van der Waals surface area contributed by atoms with E-state index in [2.05, 4.69) is 36.6 Å². The van der Waals surface area contributed by atoms with Crippen LogP contribution >= 0.6 is 0 Å².